The monoisotopic (exact) mass is 684 g/mol. The van der Waals surface area contributed by atoms with Gasteiger partial charge < -0.3 is 9.47 Å². The highest BCUT2D eigenvalue weighted by molar-refractivity contribution is 6.29. The molecule has 6 saturated carbocycles. The lowest BCUT2D eigenvalue weighted by Gasteiger charge is -2.58. The van der Waals surface area contributed by atoms with E-state index in [1.165, 1.54) is 55.2 Å². The van der Waals surface area contributed by atoms with Gasteiger partial charge in [-0.3, -0.25) is 4.79 Å². The van der Waals surface area contributed by atoms with Crippen molar-refractivity contribution in [1.82, 2.24) is 0 Å². The number of Topliss-reactive ketones (excluding diaryl/α,β-unsaturated/α-hetero) is 1. The van der Waals surface area contributed by atoms with E-state index in [1.807, 2.05) is 0 Å². The quantitative estimate of drug-likeness (QED) is 0.168. The van der Waals surface area contributed by atoms with Gasteiger partial charge >= 0.3 is 11.9 Å². The summed E-state index contributed by atoms with van der Waals surface area (Å²) in [6.45, 7) is 18.3. The SMILES string of the molecule is C=C(C)C1CCC2C3CC=C4CC(OC(=O)C(=O)OC5CCC6(C)C(=CCC7C6CCC6(C)C(C(C)=O)CCC76)C5)CCC4(C)C3CCC12C. The summed E-state index contributed by atoms with van der Waals surface area (Å²) in [6, 6.07) is 0. The normalized spacial score (nSPS) is 49.0. The molecule has 0 amide bonds. The van der Waals surface area contributed by atoms with Gasteiger partial charge in [0.15, 0.2) is 0 Å². The van der Waals surface area contributed by atoms with E-state index in [1.54, 1.807) is 6.92 Å². The van der Waals surface area contributed by atoms with Crippen LogP contribution in [0, 0.1) is 69.0 Å². The predicted molar refractivity (Wildman–Crippen MR) is 196 cm³/mol. The average Bonchev–Trinajstić information content (AvgIpc) is 3.62. The largest absolute Gasteiger partial charge is 0.454 e. The van der Waals surface area contributed by atoms with Crippen molar-refractivity contribution < 1.29 is 23.9 Å². The molecular formula is C45H64O5. The Balaban J connectivity index is 0.870. The number of allylic oxidation sites excluding steroid dienone is 3. The molecule has 0 aliphatic heterocycles. The number of hydrogen-bond donors (Lipinski definition) is 0. The second-order valence-corrected chi connectivity index (χ2v) is 19.9. The first-order valence-electron chi connectivity index (χ1n) is 20.7. The Morgan fingerprint density at radius 2 is 1.04 bits per heavy atom. The Kier molecular flexibility index (Phi) is 8.51. The Hall–Kier alpha value is -2.17. The molecule has 5 nitrogen and oxygen atoms in total. The van der Waals surface area contributed by atoms with E-state index in [-0.39, 0.29) is 34.4 Å². The van der Waals surface area contributed by atoms with Crippen molar-refractivity contribution in [3.8, 4) is 0 Å². The Morgan fingerprint density at radius 1 is 0.600 bits per heavy atom. The number of ketones is 1. The van der Waals surface area contributed by atoms with Crippen LogP contribution in [-0.2, 0) is 23.9 Å². The van der Waals surface area contributed by atoms with Gasteiger partial charge in [0, 0.05) is 18.8 Å². The molecule has 8 aliphatic rings. The summed E-state index contributed by atoms with van der Waals surface area (Å²) in [5.41, 5.74) is 5.08. The van der Waals surface area contributed by atoms with Crippen LogP contribution in [0.1, 0.15) is 144 Å². The molecule has 50 heavy (non-hydrogen) atoms. The highest BCUT2D eigenvalue weighted by atomic mass is 16.6. The molecule has 5 heteroatoms. The van der Waals surface area contributed by atoms with Crippen LogP contribution in [0.3, 0.4) is 0 Å². The zero-order valence-corrected chi connectivity index (χ0v) is 32.0. The van der Waals surface area contributed by atoms with E-state index >= 15 is 0 Å². The van der Waals surface area contributed by atoms with Gasteiger partial charge in [-0.2, -0.15) is 0 Å². The standard InChI is InChI=1S/C45H64O5/c1-26(2)34-12-14-36-32-10-8-28-24-30(16-20-42(28,4)38(32)18-22-44(34,36)6)49-40(47)41(48)50-31-17-21-43(5)29(25-31)9-11-33-37-15-13-35(27(3)46)45(37,7)23-19-39(33)43/h8-9,30-39H,1,10-25H2,2-7H3. The van der Waals surface area contributed by atoms with Gasteiger partial charge in [-0.25, -0.2) is 9.59 Å². The number of ether oxygens (including phenoxy) is 2. The maximum atomic E-state index is 13.2. The summed E-state index contributed by atoms with van der Waals surface area (Å²) >= 11 is 0. The van der Waals surface area contributed by atoms with Crippen molar-refractivity contribution in [2.45, 2.75) is 156 Å². The molecule has 0 aromatic heterocycles. The van der Waals surface area contributed by atoms with Crippen LogP contribution < -0.4 is 0 Å². The first-order valence-corrected chi connectivity index (χ1v) is 20.7. The maximum Gasteiger partial charge on any atom is 0.417 e. The zero-order valence-electron chi connectivity index (χ0n) is 32.0. The molecule has 0 N–H and O–H groups in total. The molecule has 0 aromatic rings. The fourth-order valence-corrected chi connectivity index (χ4v) is 15.3. The van der Waals surface area contributed by atoms with Crippen molar-refractivity contribution in [1.29, 1.82) is 0 Å². The van der Waals surface area contributed by atoms with Crippen LogP contribution in [-0.4, -0.2) is 29.9 Å². The highest BCUT2D eigenvalue weighted by Gasteiger charge is 2.61. The number of rotatable bonds is 4. The smallest absolute Gasteiger partial charge is 0.417 e. The van der Waals surface area contributed by atoms with Crippen LogP contribution in [0.15, 0.2) is 35.5 Å². The van der Waals surface area contributed by atoms with Gasteiger partial charge in [0.05, 0.1) is 0 Å². The van der Waals surface area contributed by atoms with Crippen LogP contribution in [0.4, 0.5) is 0 Å². The third kappa shape index (κ3) is 5.14. The summed E-state index contributed by atoms with van der Waals surface area (Å²) in [5, 5.41) is 0. The summed E-state index contributed by atoms with van der Waals surface area (Å²) in [7, 11) is 0. The first kappa shape index (κ1) is 34.9. The lowest BCUT2D eigenvalue weighted by molar-refractivity contribution is -0.176. The molecule has 0 bridgehead atoms. The minimum atomic E-state index is -0.812. The lowest BCUT2D eigenvalue weighted by Crippen LogP contribution is -2.51. The highest BCUT2D eigenvalue weighted by Crippen LogP contribution is 2.68. The molecule has 8 rings (SSSR count). The van der Waals surface area contributed by atoms with Gasteiger partial charge in [0.2, 0.25) is 0 Å². The summed E-state index contributed by atoms with van der Waals surface area (Å²) in [6.07, 6.45) is 21.5. The Labute approximate surface area is 301 Å². The van der Waals surface area contributed by atoms with E-state index in [0.717, 1.165) is 76.0 Å². The van der Waals surface area contributed by atoms with Gasteiger partial charge in [0.1, 0.15) is 18.0 Å². The molecule has 14 atom stereocenters. The van der Waals surface area contributed by atoms with Crippen LogP contribution in [0.2, 0.25) is 0 Å². The van der Waals surface area contributed by atoms with E-state index in [2.05, 4.69) is 53.3 Å². The van der Waals surface area contributed by atoms with Gasteiger partial charge in [-0.05, 0) is 167 Å². The van der Waals surface area contributed by atoms with E-state index in [9.17, 15) is 14.4 Å². The molecule has 6 fully saturated rings. The van der Waals surface area contributed by atoms with Crippen molar-refractivity contribution in [2.75, 3.05) is 0 Å². The number of hydrogen-bond acceptors (Lipinski definition) is 5. The fraction of sp³-hybridized carbons (Fsp3) is 0.800. The molecule has 8 aliphatic carbocycles. The van der Waals surface area contributed by atoms with Crippen LogP contribution >= 0.6 is 0 Å². The Morgan fingerprint density at radius 3 is 1.48 bits per heavy atom. The van der Waals surface area contributed by atoms with Gasteiger partial charge in [-0.15, -0.1) is 0 Å². The minimum absolute atomic E-state index is 0.116. The molecule has 274 valence electrons. The lowest BCUT2D eigenvalue weighted by atomic mass is 9.47. The molecule has 0 radical (unpaired) electrons. The third-order valence-corrected chi connectivity index (χ3v) is 17.9. The van der Waals surface area contributed by atoms with E-state index in [4.69, 9.17) is 9.47 Å². The van der Waals surface area contributed by atoms with Crippen molar-refractivity contribution in [3.05, 3.63) is 35.5 Å². The third-order valence-electron chi connectivity index (χ3n) is 17.9. The van der Waals surface area contributed by atoms with E-state index < -0.39 is 11.9 Å². The molecule has 0 heterocycles. The zero-order chi connectivity index (χ0) is 35.4. The topological polar surface area (TPSA) is 69.7 Å². The van der Waals surface area contributed by atoms with E-state index in [0.29, 0.717) is 40.8 Å². The molecule has 0 aromatic carbocycles. The number of fused-ring (bicyclic) bond motifs is 10. The van der Waals surface area contributed by atoms with Gasteiger partial charge in [-0.1, -0.05) is 63.1 Å². The van der Waals surface area contributed by atoms with Crippen molar-refractivity contribution in [2.24, 2.45) is 69.0 Å². The van der Waals surface area contributed by atoms with Crippen molar-refractivity contribution in [3.63, 3.8) is 0 Å². The second kappa shape index (κ2) is 12.2. The summed E-state index contributed by atoms with van der Waals surface area (Å²) in [4.78, 5) is 38.9. The number of carbonyl (C=O) groups excluding carboxylic acids is 3. The second-order valence-electron chi connectivity index (χ2n) is 19.9. The molecular weight excluding hydrogens is 620 g/mol. The van der Waals surface area contributed by atoms with Crippen molar-refractivity contribution >= 4 is 17.7 Å². The molecule has 0 spiro atoms. The summed E-state index contributed by atoms with van der Waals surface area (Å²) < 4.78 is 11.8. The molecule has 0 saturated heterocycles. The molecule has 14 unspecified atom stereocenters. The predicted octanol–water partition coefficient (Wildman–Crippen LogP) is 10.1. The maximum absolute atomic E-state index is 13.2. The first-order chi connectivity index (χ1) is 23.7. The number of carbonyl (C=O) groups is 3. The Bertz CT molecular complexity index is 1410. The fourth-order valence-electron chi connectivity index (χ4n) is 15.3. The van der Waals surface area contributed by atoms with Gasteiger partial charge in [0.25, 0.3) is 0 Å². The minimum Gasteiger partial charge on any atom is -0.454 e. The van der Waals surface area contributed by atoms with Crippen LogP contribution in [0.5, 0.6) is 0 Å². The number of esters is 2. The summed E-state index contributed by atoms with van der Waals surface area (Å²) in [5.74, 6) is 3.74. The average molecular weight is 685 g/mol. The van der Waals surface area contributed by atoms with Crippen LogP contribution in [0.25, 0.3) is 0 Å².